The van der Waals surface area contributed by atoms with Crippen LogP contribution in [0.2, 0.25) is 5.02 Å². The van der Waals surface area contributed by atoms with Crippen molar-refractivity contribution in [3.63, 3.8) is 0 Å². The van der Waals surface area contributed by atoms with Crippen molar-refractivity contribution in [1.29, 1.82) is 0 Å². The van der Waals surface area contributed by atoms with Crippen molar-refractivity contribution in [1.82, 2.24) is 10.2 Å². The van der Waals surface area contributed by atoms with Crippen LogP contribution in [0, 0.1) is 19.8 Å². The van der Waals surface area contributed by atoms with E-state index in [1.165, 1.54) is 0 Å². The van der Waals surface area contributed by atoms with Gasteiger partial charge in [-0.3, -0.25) is 14.4 Å². The van der Waals surface area contributed by atoms with E-state index in [2.05, 4.69) is 5.32 Å². The van der Waals surface area contributed by atoms with Crippen LogP contribution in [0.25, 0.3) is 0 Å². The molecule has 31 heavy (non-hydrogen) atoms. The Hall–Kier alpha value is -2.66. The number of rotatable bonds is 7. The Balaban J connectivity index is 1.39. The average molecular weight is 441 g/mol. The van der Waals surface area contributed by atoms with Crippen molar-refractivity contribution < 1.29 is 14.4 Å². The molecular formula is C25H29ClN2O3. The molecule has 1 N–H and O–H groups in total. The van der Waals surface area contributed by atoms with Crippen LogP contribution in [0.1, 0.15) is 57.5 Å². The van der Waals surface area contributed by atoms with Gasteiger partial charge >= 0.3 is 0 Å². The normalized spacial score (nSPS) is 14.4. The summed E-state index contributed by atoms with van der Waals surface area (Å²) in [6.07, 6.45) is 2.37. The lowest BCUT2D eigenvalue weighted by Gasteiger charge is -2.31. The van der Waals surface area contributed by atoms with E-state index in [-0.39, 0.29) is 23.5 Å². The molecule has 1 aliphatic heterocycles. The molecule has 5 nitrogen and oxygen atoms in total. The molecule has 0 aromatic heterocycles. The number of piperidine rings is 1. The summed E-state index contributed by atoms with van der Waals surface area (Å²) in [5, 5.41) is 3.41. The minimum absolute atomic E-state index is 0.0240. The van der Waals surface area contributed by atoms with Crippen molar-refractivity contribution in [2.45, 2.75) is 39.5 Å². The molecule has 1 heterocycles. The van der Waals surface area contributed by atoms with E-state index in [4.69, 9.17) is 11.6 Å². The SMILES string of the molecule is Cc1ccc(C(=O)C2CCN(C(=O)CCCNC(=O)c3ccc(Cl)cc3)CC2)c(C)c1. The van der Waals surface area contributed by atoms with E-state index in [0.717, 1.165) is 16.7 Å². The number of halogens is 1. The van der Waals surface area contributed by atoms with E-state index >= 15 is 0 Å². The molecule has 0 bridgehead atoms. The number of nitrogens with zero attached hydrogens (tertiary/aromatic N) is 1. The fourth-order valence-electron chi connectivity index (χ4n) is 4.00. The monoisotopic (exact) mass is 440 g/mol. The molecule has 0 unspecified atom stereocenters. The van der Waals surface area contributed by atoms with Crippen molar-refractivity contribution in [3.05, 3.63) is 69.7 Å². The van der Waals surface area contributed by atoms with Gasteiger partial charge in [0.2, 0.25) is 5.91 Å². The molecule has 1 fully saturated rings. The molecule has 0 atom stereocenters. The summed E-state index contributed by atoms with van der Waals surface area (Å²) in [5.74, 6) is 0.0756. The molecule has 0 spiro atoms. The molecule has 3 rings (SSSR count). The number of ketones is 1. The quantitative estimate of drug-likeness (QED) is 0.505. The third-order valence-electron chi connectivity index (χ3n) is 5.83. The lowest BCUT2D eigenvalue weighted by atomic mass is 9.87. The van der Waals surface area contributed by atoms with Gasteiger partial charge in [0.05, 0.1) is 0 Å². The number of hydrogen-bond acceptors (Lipinski definition) is 3. The predicted molar refractivity (Wildman–Crippen MR) is 123 cm³/mol. The number of likely N-dealkylation sites (tertiary alicyclic amines) is 1. The number of amides is 2. The van der Waals surface area contributed by atoms with Gasteiger partial charge in [-0.15, -0.1) is 0 Å². The standard InChI is InChI=1S/C25H29ClN2O3/c1-17-5-10-22(18(2)16-17)24(30)19-11-14-28(15-12-19)23(29)4-3-13-27-25(31)20-6-8-21(26)9-7-20/h5-10,16,19H,3-4,11-15H2,1-2H3,(H,27,31). The number of carbonyl (C=O) groups is 3. The van der Waals surface area contributed by atoms with Crippen molar-refractivity contribution >= 4 is 29.2 Å². The summed E-state index contributed by atoms with van der Waals surface area (Å²) in [6, 6.07) is 12.6. The van der Waals surface area contributed by atoms with Gasteiger partial charge in [-0.2, -0.15) is 0 Å². The summed E-state index contributed by atoms with van der Waals surface area (Å²) in [6.45, 7) is 5.66. The Morgan fingerprint density at radius 3 is 2.35 bits per heavy atom. The van der Waals surface area contributed by atoms with Gasteiger partial charge in [0.15, 0.2) is 5.78 Å². The maximum absolute atomic E-state index is 12.9. The highest BCUT2D eigenvalue weighted by molar-refractivity contribution is 6.30. The third kappa shape index (κ3) is 6.17. The first-order valence-corrected chi connectivity index (χ1v) is 11.2. The highest BCUT2D eigenvalue weighted by Crippen LogP contribution is 2.24. The van der Waals surface area contributed by atoms with Crippen LogP contribution in [0.4, 0.5) is 0 Å². The first-order valence-electron chi connectivity index (χ1n) is 10.8. The fraction of sp³-hybridized carbons (Fsp3) is 0.400. The molecule has 0 aliphatic carbocycles. The Labute approximate surface area is 188 Å². The van der Waals surface area contributed by atoms with Crippen LogP contribution in [-0.2, 0) is 4.79 Å². The van der Waals surface area contributed by atoms with E-state index < -0.39 is 0 Å². The number of nitrogens with one attached hydrogen (secondary N) is 1. The highest BCUT2D eigenvalue weighted by Gasteiger charge is 2.28. The molecule has 2 amide bonds. The number of aryl methyl sites for hydroxylation is 2. The van der Waals surface area contributed by atoms with Gasteiger partial charge in [-0.25, -0.2) is 0 Å². The van der Waals surface area contributed by atoms with Gasteiger partial charge in [0.1, 0.15) is 0 Å². The van der Waals surface area contributed by atoms with Gasteiger partial charge in [0.25, 0.3) is 5.91 Å². The van der Waals surface area contributed by atoms with Crippen LogP contribution < -0.4 is 5.32 Å². The van der Waals surface area contributed by atoms with Gasteiger partial charge < -0.3 is 10.2 Å². The fourth-order valence-corrected chi connectivity index (χ4v) is 4.13. The second kappa shape index (κ2) is 10.6. The number of Topliss-reactive ketones (excluding diaryl/α,β-unsaturated/α-hetero) is 1. The highest BCUT2D eigenvalue weighted by atomic mass is 35.5. The molecule has 2 aromatic carbocycles. The Morgan fingerprint density at radius 2 is 1.71 bits per heavy atom. The zero-order valence-corrected chi connectivity index (χ0v) is 18.9. The Bertz CT molecular complexity index is 948. The molecular weight excluding hydrogens is 412 g/mol. The number of hydrogen-bond donors (Lipinski definition) is 1. The zero-order chi connectivity index (χ0) is 22.4. The van der Waals surface area contributed by atoms with E-state index in [1.807, 2.05) is 36.9 Å². The molecule has 6 heteroatoms. The average Bonchev–Trinajstić information content (AvgIpc) is 2.76. The van der Waals surface area contributed by atoms with Crippen LogP contribution in [-0.4, -0.2) is 42.1 Å². The Morgan fingerprint density at radius 1 is 1.03 bits per heavy atom. The minimum Gasteiger partial charge on any atom is -0.352 e. The van der Waals surface area contributed by atoms with Gasteiger partial charge in [0, 0.05) is 48.1 Å². The van der Waals surface area contributed by atoms with E-state index in [0.29, 0.717) is 55.9 Å². The van der Waals surface area contributed by atoms with E-state index in [9.17, 15) is 14.4 Å². The van der Waals surface area contributed by atoms with Crippen molar-refractivity contribution in [2.75, 3.05) is 19.6 Å². The predicted octanol–water partition coefficient (Wildman–Crippen LogP) is 4.59. The molecule has 1 saturated heterocycles. The maximum Gasteiger partial charge on any atom is 0.251 e. The second-order valence-corrected chi connectivity index (χ2v) is 8.64. The Kier molecular flexibility index (Phi) is 7.85. The van der Waals surface area contributed by atoms with Gasteiger partial charge in [-0.05, 0) is 62.9 Å². The zero-order valence-electron chi connectivity index (χ0n) is 18.1. The smallest absolute Gasteiger partial charge is 0.251 e. The molecule has 0 radical (unpaired) electrons. The maximum atomic E-state index is 12.9. The third-order valence-corrected chi connectivity index (χ3v) is 6.08. The lowest BCUT2D eigenvalue weighted by Crippen LogP contribution is -2.40. The van der Waals surface area contributed by atoms with Gasteiger partial charge in [-0.1, -0.05) is 35.4 Å². The summed E-state index contributed by atoms with van der Waals surface area (Å²) in [5.41, 5.74) is 3.51. The summed E-state index contributed by atoms with van der Waals surface area (Å²) in [4.78, 5) is 39.3. The molecule has 0 saturated carbocycles. The summed E-state index contributed by atoms with van der Waals surface area (Å²) in [7, 11) is 0. The first kappa shape index (κ1) is 23.0. The largest absolute Gasteiger partial charge is 0.352 e. The van der Waals surface area contributed by atoms with Crippen molar-refractivity contribution in [3.8, 4) is 0 Å². The second-order valence-electron chi connectivity index (χ2n) is 8.20. The number of carbonyl (C=O) groups excluding carboxylic acids is 3. The molecule has 164 valence electrons. The molecule has 2 aromatic rings. The van der Waals surface area contributed by atoms with E-state index in [1.54, 1.807) is 24.3 Å². The molecule has 1 aliphatic rings. The van der Waals surface area contributed by atoms with Crippen LogP contribution in [0.15, 0.2) is 42.5 Å². The summed E-state index contributed by atoms with van der Waals surface area (Å²) < 4.78 is 0. The van der Waals surface area contributed by atoms with Crippen molar-refractivity contribution in [2.24, 2.45) is 5.92 Å². The topological polar surface area (TPSA) is 66.5 Å². The van der Waals surface area contributed by atoms with Crippen LogP contribution in [0.3, 0.4) is 0 Å². The summed E-state index contributed by atoms with van der Waals surface area (Å²) >= 11 is 5.83. The lowest BCUT2D eigenvalue weighted by molar-refractivity contribution is -0.132. The number of benzene rings is 2. The van der Waals surface area contributed by atoms with Crippen LogP contribution in [0.5, 0.6) is 0 Å². The first-order chi connectivity index (χ1) is 14.8. The van der Waals surface area contributed by atoms with Crippen LogP contribution >= 0.6 is 11.6 Å². The minimum atomic E-state index is -0.171.